The Labute approximate surface area is 146 Å². The highest BCUT2D eigenvalue weighted by Crippen LogP contribution is 2.32. The van der Waals surface area contributed by atoms with Crippen molar-refractivity contribution in [3.05, 3.63) is 48.5 Å². The standard InChI is InChI=1S/C19H20N2O4/c1-3-25-14-10-8-13(9-11-14)20-15-12-18(22)21(19(15)23)16-6-4-5-7-17(16)24-2/h4-11,15,20H,3,12H2,1-2H3. The van der Waals surface area contributed by atoms with Crippen molar-refractivity contribution in [2.45, 2.75) is 19.4 Å². The highest BCUT2D eigenvalue weighted by atomic mass is 16.5. The summed E-state index contributed by atoms with van der Waals surface area (Å²) in [6.07, 6.45) is 0.101. The SMILES string of the molecule is CCOc1ccc(NC2CC(=O)N(c3ccccc3OC)C2=O)cc1. The molecule has 0 spiro atoms. The summed E-state index contributed by atoms with van der Waals surface area (Å²) in [5, 5.41) is 3.12. The second-order valence-electron chi connectivity index (χ2n) is 5.60. The number of methoxy groups -OCH3 is 1. The molecule has 1 saturated heterocycles. The minimum Gasteiger partial charge on any atom is -0.495 e. The van der Waals surface area contributed by atoms with Gasteiger partial charge in [-0.05, 0) is 43.3 Å². The van der Waals surface area contributed by atoms with Crippen LogP contribution in [0.1, 0.15) is 13.3 Å². The van der Waals surface area contributed by atoms with Gasteiger partial charge in [0.25, 0.3) is 5.91 Å². The van der Waals surface area contributed by atoms with Crippen molar-refractivity contribution in [1.29, 1.82) is 0 Å². The normalized spacial score (nSPS) is 16.9. The summed E-state index contributed by atoms with van der Waals surface area (Å²) in [7, 11) is 1.51. The number of imide groups is 1. The van der Waals surface area contributed by atoms with Gasteiger partial charge in [0.1, 0.15) is 17.5 Å². The molecule has 1 aliphatic rings. The predicted molar refractivity (Wildman–Crippen MR) is 95.1 cm³/mol. The molecule has 3 rings (SSSR count). The van der Waals surface area contributed by atoms with Crippen LogP contribution in [0.4, 0.5) is 11.4 Å². The van der Waals surface area contributed by atoms with E-state index in [4.69, 9.17) is 9.47 Å². The van der Waals surface area contributed by atoms with Gasteiger partial charge >= 0.3 is 0 Å². The topological polar surface area (TPSA) is 67.9 Å². The van der Waals surface area contributed by atoms with Crippen LogP contribution in [-0.4, -0.2) is 31.6 Å². The van der Waals surface area contributed by atoms with E-state index in [1.807, 2.05) is 31.2 Å². The molecule has 0 aliphatic carbocycles. The fourth-order valence-corrected chi connectivity index (χ4v) is 2.83. The Bertz CT molecular complexity index is 773. The first-order chi connectivity index (χ1) is 12.1. The number of carbonyl (C=O) groups is 2. The smallest absolute Gasteiger partial charge is 0.256 e. The lowest BCUT2D eigenvalue weighted by Gasteiger charge is -2.18. The average Bonchev–Trinajstić information content (AvgIpc) is 2.90. The number of benzene rings is 2. The molecule has 130 valence electrons. The third kappa shape index (κ3) is 3.42. The van der Waals surface area contributed by atoms with Gasteiger partial charge in [0, 0.05) is 5.69 Å². The molecule has 0 bridgehead atoms. The molecule has 1 heterocycles. The number of amides is 2. The van der Waals surface area contributed by atoms with Crippen LogP contribution in [0.2, 0.25) is 0 Å². The van der Waals surface area contributed by atoms with Crippen LogP contribution in [-0.2, 0) is 9.59 Å². The molecule has 6 nitrogen and oxygen atoms in total. The first-order valence-corrected chi connectivity index (χ1v) is 8.13. The lowest BCUT2D eigenvalue weighted by Crippen LogP contribution is -2.35. The number of para-hydroxylation sites is 2. The van der Waals surface area contributed by atoms with Crippen molar-refractivity contribution in [3.8, 4) is 11.5 Å². The van der Waals surface area contributed by atoms with Crippen molar-refractivity contribution >= 4 is 23.2 Å². The molecule has 0 radical (unpaired) electrons. The fourth-order valence-electron chi connectivity index (χ4n) is 2.83. The number of hydrogen-bond donors (Lipinski definition) is 1. The van der Waals surface area contributed by atoms with Crippen LogP contribution in [0.3, 0.4) is 0 Å². The second-order valence-corrected chi connectivity index (χ2v) is 5.60. The summed E-state index contributed by atoms with van der Waals surface area (Å²) in [5.74, 6) is 0.713. The van der Waals surface area contributed by atoms with Crippen LogP contribution in [0, 0.1) is 0 Å². The molecular formula is C19H20N2O4. The van der Waals surface area contributed by atoms with E-state index in [0.717, 1.165) is 11.4 Å². The van der Waals surface area contributed by atoms with E-state index in [2.05, 4.69) is 5.32 Å². The minimum absolute atomic E-state index is 0.101. The highest BCUT2D eigenvalue weighted by Gasteiger charge is 2.40. The summed E-state index contributed by atoms with van der Waals surface area (Å²) in [6.45, 7) is 2.51. The summed E-state index contributed by atoms with van der Waals surface area (Å²) < 4.78 is 10.7. The molecule has 2 aromatic rings. The monoisotopic (exact) mass is 340 g/mol. The van der Waals surface area contributed by atoms with Gasteiger partial charge in [0.15, 0.2) is 0 Å². The first kappa shape index (κ1) is 16.8. The first-order valence-electron chi connectivity index (χ1n) is 8.13. The van der Waals surface area contributed by atoms with E-state index in [1.54, 1.807) is 24.3 Å². The lowest BCUT2D eigenvalue weighted by atomic mass is 10.2. The molecule has 6 heteroatoms. The zero-order chi connectivity index (χ0) is 17.8. The number of nitrogens with zero attached hydrogens (tertiary/aromatic N) is 1. The molecular weight excluding hydrogens is 320 g/mol. The van der Waals surface area contributed by atoms with Crippen molar-refractivity contribution in [2.24, 2.45) is 0 Å². The van der Waals surface area contributed by atoms with Crippen molar-refractivity contribution in [3.63, 3.8) is 0 Å². The molecule has 0 saturated carbocycles. The number of rotatable bonds is 6. The Morgan fingerprint density at radius 1 is 1.12 bits per heavy atom. The molecule has 1 unspecified atom stereocenters. The number of anilines is 2. The highest BCUT2D eigenvalue weighted by molar-refractivity contribution is 6.23. The van der Waals surface area contributed by atoms with Crippen LogP contribution in [0.25, 0.3) is 0 Å². The molecule has 1 fully saturated rings. The van der Waals surface area contributed by atoms with E-state index < -0.39 is 6.04 Å². The molecule has 2 aromatic carbocycles. The maximum absolute atomic E-state index is 12.7. The zero-order valence-corrected chi connectivity index (χ0v) is 14.2. The van der Waals surface area contributed by atoms with E-state index in [0.29, 0.717) is 18.0 Å². The molecule has 1 atom stereocenters. The minimum atomic E-state index is -0.602. The zero-order valence-electron chi connectivity index (χ0n) is 14.2. The van der Waals surface area contributed by atoms with Crippen LogP contribution in [0.5, 0.6) is 11.5 Å². The van der Waals surface area contributed by atoms with E-state index in [9.17, 15) is 9.59 Å². The summed E-state index contributed by atoms with van der Waals surface area (Å²) in [6, 6.07) is 13.7. The van der Waals surface area contributed by atoms with E-state index >= 15 is 0 Å². The number of hydrogen-bond acceptors (Lipinski definition) is 5. The maximum atomic E-state index is 12.7. The molecule has 2 amide bonds. The number of ether oxygens (including phenoxy) is 2. The van der Waals surface area contributed by atoms with Gasteiger partial charge < -0.3 is 14.8 Å². The largest absolute Gasteiger partial charge is 0.495 e. The Balaban J connectivity index is 1.77. The van der Waals surface area contributed by atoms with Crippen molar-refractivity contribution in [1.82, 2.24) is 0 Å². The van der Waals surface area contributed by atoms with Gasteiger partial charge in [-0.2, -0.15) is 0 Å². The Morgan fingerprint density at radius 3 is 2.52 bits per heavy atom. The van der Waals surface area contributed by atoms with Crippen LogP contribution in [0.15, 0.2) is 48.5 Å². The van der Waals surface area contributed by atoms with Gasteiger partial charge in [0.05, 0.1) is 25.8 Å². The van der Waals surface area contributed by atoms with E-state index in [-0.39, 0.29) is 18.2 Å². The Kier molecular flexibility index (Phi) is 4.88. The third-order valence-electron chi connectivity index (χ3n) is 3.98. The van der Waals surface area contributed by atoms with Gasteiger partial charge in [-0.3, -0.25) is 9.59 Å². The third-order valence-corrected chi connectivity index (χ3v) is 3.98. The summed E-state index contributed by atoms with van der Waals surface area (Å²) in [4.78, 5) is 26.3. The van der Waals surface area contributed by atoms with Crippen molar-refractivity contribution in [2.75, 3.05) is 23.9 Å². The number of nitrogens with one attached hydrogen (secondary N) is 1. The van der Waals surface area contributed by atoms with Gasteiger partial charge in [-0.1, -0.05) is 12.1 Å². The van der Waals surface area contributed by atoms with Crippen molar-refractivity contribution < 1.29 is 19.1 Å². The quantitative estimate of drug-likeness (QED) is 0.819. The molecule has 1 aliphatic heterocycles. The van der Waals surface area contributed by atoms with Crippen LogP contribution >= 0.6 is 0 Å². The van der Waals surface area contributed by atoms with Gasteiger partial charge in [-0.15, -0.1) is 0 Å². The fraction of sp³-hybridized carbons (Fsp3) is 0.263. The van der Waals surface area contributed by atoms with Crippen LogP contribution < -0.4 is 19.7 Å². The maximum Gasteiger partial charge on any atom is 0.256 e. The average molecular weight is 340 g/mol. The Morgan fingerprint density at radius 2 is 1.84 bits per heavy atom. The van der Waals surface area contributed by atoms with Gasteiger partial charge in [-0.25, -0.2) is 4.90 Å². The van der Waals surface area contributed by atoms with E-state index in [1.165, 1.54) is 12.0 Å². The number of carbonyl (C=O) groups excluding carboxylic acids is 2. The Hall–Kier alpha value is -3.02. The lowest BCUT2D eigenvalue weighted by molar-refractivity contribution is -0.121. The molecule has 0 aromatic heterocycles. The summed E-state index contributed by atoms with van der Waals surface area (Å²) in [5.41, 5.74) is 1.23. The second kappa shape index (κ2) is 7.25. The predicted octanol–water partition coefficient (Wildman–Crippen LogP) is 2.84. The molecule has 25 heavy (non-hydrogen) atoms. The molecule has 1 N–H and O–H groups in total. The summed E-state index contributed by atoms with van der Waals surface area (Å²) >= 11 is 0. The van der Waals surface area contributed by atoms with Gasteiger partial charge in [0.2, 0.25) is 5.91 Å².